The Labute approximate surface area is 96.5 Å². The van der Waals surface area contributed by atoms with E-state index >= 15 is 0 Å². The van der Waals surface area contributed by atoms with Gasteiger partial charge in [-0.3, -0.25) is 0 Å². The first-order chi connectivity index (χ1) is 7.79. The first kappa shape index (κ1) is 12.9. The summed E-state index contributed by atoms with van der Waals surface area (Å²) in [7, 11) is 0. The van der Waals surface area contributed by atoms with Crippen molar-refractivity contribution in [2.75, 3.05) is 18.4 Å². The van der Waals surface area contributed by atoms with Gasteiger partial charge in [-0.2, -0.15) is 0 Å². The van der Waals surface area contributed by atoms with Crippen molar-refractivity contribution in [1.29, 1.82) is 0 Å². The van der Waals surface area contributed by atoms with E-state index < -0.39 is 0 Å². The van der Waals surface area contributed by atoms with E-state index in [0.717, 1.165) is 25.9 Å². The number of halogens is 1. The molecule has 0 aliphatic rings. The molecule has 1 rings (SSSR count). The molecule has 0 fully saturated rings. The van der Waals surface area contributed by atoms with E-state index in [0.29, 0.717) is 17.9 Å². The Morgan fingerprint density at radius 1 is 1.25 bits per heavy atom. The topological polar surface area (TPSA) is 37.0 Å². The molecule has 0 aliphatic carbocycles. The van der Waals surface area contributed by atoms with Crippen LogP contribution in [0, 0.1) is 5.82 Å². The van der Waals surface area contributed by atoms with E-state index in [1.165, 1.54) is 0 Å². The summed E-state index contributed by atoms with van der Waals surface area (Å²) in [5.74, 6) is 0.122. The molecular formula is C12H20FN3. The molecule has 3 nitrogen and oxygen atoms in total. The van der Waals surface area contributed by atoms with Gasteiger partial charge in [-0.1, -0.05) is 13.8 Å². The standard InChI is InChI=1S/C12H20FN3/c1-3-6-14-9-10-5-8-16-12(11(10)13)15-7-4-2/h5,8,14H,3-4,6-7,9H2,1-2H3,(H,15,16). The maximum atomic E-state index is 13.9. The molecule has 4 heteroatoms. The third-order valence-corrected chi connectivity index (χ3v) is 2.25. The average molecular weight is 225 g/mol. The van der Waals surface area contributed by atoms with Crippen molar-refractivity contribution in [3.05, 3.63) is 23.6 Å². The van der Waals surface area contributed by atoms with Crippen LogP contribution in [0.25, 0.3) is 0 Å². The number of nitrogens with zero attached hydrogens (tertiary/aromatic N) is 1. The quantitative estimate of drug-likeness (QED) is 0.700. The van der Waals surface area contributed by atoms with Gasteiger partial charge in [0.05, 0.1) is 0 Å². The fourth-order valence-electron chi connectivity index (χ4n) is 1.39. The van der Waals surface area contributed by atoms with Crippen LogP contribution < -0.4 is 10.6 Å². The van der Waals surface area contributed by atoms with Gasteiger partial charge < -0.3 is 10.6 Å². The second-order valence-corrected chi connectivity index (χ2v) is 3.74. The summed E-state index contributed by atoms with van der Waals surface area (Å²) in [6, 6.07) is 1.72. The molecule has 2 N–H and O–H groups in total. The van der Waals surface area contributed by atoms with E-state index in [1.807, 2.05) is 6.92 Å². The molecule has 0 atom stereocenters. The fraction of sp³-hybridized carbons (Fsp3) is 0.583. The van der Waals surface area contributed by atoms with Crippen LogP contribution in [-0.4, -0.2) is 18.1 Å². The molecule has 1 aromatic rings. The first-order valence-electron chi connectivity index (χ1n) is 5.87. The molecule has 1 aromatic heterocycles. The molecule has 0 bridgehead atoms. The van der Waals surface area contributed by atoms with Crippen molar-refractivity contribution in [1.82, 2.24) is 10.3 Å². The zero-order valence-electron chi connectivity index (χ0n) is 10.0. The van der Waals surface area contributed by atoms with Crippen LogP contribution in [0.4, 0.5) is 10.2 Å². The summed E-state index contributed by atoms with van der Waals surface area (Å²) in [5, 5.41) is 6.16. The van der Waals surface area contributed by atoms with Gasteiger partial charge in [0, 0.05) is 24.8 Å². The zero-order chi connectivity index (χ0) is 11.8. The Balaban J connectivity index is 2.62. The molecule has 0 spiro atoms. The second-order valence-electron chi connectivity index (χ2n) is 3.74. The lowest BCUT2D eigenvalue weighted by molar-refractivity contribution is 0.583. The lowest BCUT2D eigenvalue weighted by atomic mass is 10.2. The molecule has 0 saturated carbocycles. The van der Waals surface area contributed by atoms with E-state index in [-0.39, 0.29) is 5.82 Å². The van der Waals surface area contributed by atoms with E-state index in [9.17, 15) is 4.39 Å². The van der Waals surface area contributed by atoms with Crippen molar-refractivity contribution in [2.45, 2.75) is 33.2 Å². The highest BCUT2D eigenvalue weighted by molar-refractivity contribution is 5.39. The number of pyridine rings is 1. The zero-order valence-corrected chi connectivity index (χ0v) is 10.0. The highest BCUT2D eigenvalue weighted by Crippen LogP contribution is 2.14. The summed E-state index contributed by atoms with van der Waals surface area (Å²) < 4.78 is 13.9. The Morgan fingerprint density at radius 3 is 2.69 bits per heavy atom. The van der Waals surface area contributed by atoms with Crippen LogP contribution in [0.15, 0.2) is 12.3 Å². The highest BCUT2D eigenvalue weighted by atomic mass is 19.1. The van der Waals surface area contributed by atoms with Gasteiger partial charge in [-0.15, -0.1) is 0 Å². The lowest BCUT2D eigenvalue weighted by Gasteiger charge is -2.09. The summed E-state index contributed by atoms with van der Waals surface area (Å²) in [4.78, 5) is 3.99. The lowest BCUT2D eigenvalue weighted by Crippen LogP contribution is -2.16. The van der Waals surface area contributed by atoms with E-state index in [2.05, 4.69) is 22.5 Å². The number of nitrogens with one attached hydrogen (secondary N) is 2. The van der Waals surface area contributed by atoms with Gasteiger partial charge in [0.15, 0.2) is 11.6 Å². The van der Waals surface area contributed by atoms with E-state index in [1.54, 1.807) is 12.3 Å². The Morgan fingerprint density at radius 2 is 2.00 bits per heavy atom. The average Bonchev–Trinajstić information content (AvgIpc) is 2.30. The van der Waals surface area contributed by atoms with Crippen LogP contribution in [-0.2, 0) is 6.54 Å². The maximum Gasteiger partial charge on any atom is 0.169 e. The molecule has 90 valence electrons. The summed E-state index contributed by atoms with van der Waals surface area (Å²) >= 11 is 0. The summed E-state index contributed by atoms with van der Waals surface area (Å²) in [5.41, 5.74) is 0.669. The molecule has 0 aliphatic heterocycles. The Kier molecular flexibility index (Phi) is 5.78. The molecular weight excluding hydrogens is 205 g/mol. The van der Waals surface area contributed by atoms with Gasteiger partial charge in [0.25, 0.3) is 0 Å². The molecule has 0 radical (unpaired) electrons. The number of aromatic nitrogens is 1. The van der Waals surface area contributed by atoms with E-state index in [4.69, 9.17) is 0 Å². The number of anilines is 1. The molecule has 0 aromatic carbocycles. The van der Waals surface area contributed by atoms with Crippen LogP contribution in [0.1, 0.15) is 32.3 Å². The molecule has 0 saturated heterocycles. The Hall–Kier alpha value is -1.16. The van der Waals surface area contributed by atoms with Crippen LogP contribution in [0.3, 0.4) is 0 Å². The predicted octanol–water partition coefficient (Wildman–Crippen LogP) is 2.54. The maximum absolute atomic E-state index is 13.9. The number of hydrogen-bond donors (Lipinski definition) is 2. The van der Waals surface area contributed by atoms with Gasteiger partial charge in [-0.05, 0) is 25.5 Å². The van der Waals surface area contributed by atoms with Crippen LogP contribution in [0.5, 0.6) is 0 Å². The summed E-state index contributed by atoms with van der Waals surface area (Å²) in [6.07, 6.45) is 3.65. The van der Waals surface area contributed by atoms with Crippen molar-refractivity contribution < 1.29 is 4.39 Å². The minimum atomic E-state index is -0.237. The highest BCUT2D eigenvalue weighted by Gasteiger charge is 2.07. The fourth-order valence-corrected chi connectivity index (χ4v) is 1.39. The van der Waals surface area contributed by atoms with Gasteiger partial charge in [0.1, 0.15) is 0 Å². The van der Waals surface area contributed by atoms with Gasteiger partial charge in [-0.25, -0.2) is 9.37 Å². The largest absolute Gasteiger partial charge is 0.368 e. The van der Waals surface area contributed by atoms with Gasteiger partial charge >= 0.3 is 0 Å². The SMILES string of the molecule is CCCNCc1ccnc(NCCC)c1F. The minimum absolute atomic E-state index is 0.237. The smallest absolute Gasteiger partial charge is 0.169 e. The Bertz CT molecular complexity index is 315. The molecule has 0 amide bonds. The number of hydrogen-bond acceptors (Lipinski definition) is 3. The monoisotopic (exact) mass is 225 g/mol. The molecule has 0 unspecified atom stereocenters. The first-order valence-corrected chi connectivity index (χ1v) is 5.87. The summed E-state index contributed by atoms with van der Waals surface area (Å²) in [6.45, 7) is 6.33. The molecule has 16 heavy (non-hydrogen) atoms. The normalized spacial score (nSPS) is 10.4. The minimum Gasteiger partial charge on any atom is -0.368 e. The van der Waals surface area contributed by atoms with Crippen molar-refractivity contribution in [3.63, 3.8) is 0 Å². The number of rotatable bonds is 7. The third-order valence-electron chi connectivity index (χ3n) is 2.25. The second kappa shape index (κ2) is 7.17. The van der Waals surface area contributed by atoms with Crippen LogP contribution >= 0.6 is 0 Å². The molecule has 1 heterocycles. The van der Waals surface area contributed by atoms with Gasteiger partial charge in [0.2, 0.25) is 0 Å². The van der Waals surface area contributed by atoms with Crippen molar-refractivity contribution in [3.8, 4) is 0 Å². The van der Waals surface area contributed by atoms with Crippen molar-refractivity contribution >= 4 is 5.82 Å². The third kappa shape index (κ3) is 3.77. The van der Waals surface area contributed by atoms with Crippen molar-refractivity contribution in [2.24, 2.45) is 0 Å². The van der Waals surface area contributed by atoms with Crippen LogP contribution in [0.2, 0.25) is 0 Å². The predicted molar refractivity (Wildman–Crippen MR) is 65.0 cm³/mol.